The summed E-state index contributed by atoms with van der Waals surface area (Å²) in [5, 5.41) is 16.5. The average Bonchev–Trinajstić information content (AvgIpc) is 3.58. The van der Waals surface area contributed by atoms with Gasteiger partial charge >= 0.3 is 0 Å². The van der Waals surface area contributed by atoms with E-state index in [2.05, 4.69) is 56.3 Å². The largest absolute Gasteiger partial charge is 0.475 e. The van der Waals surface area contributed by atoms with Crippen LogP contribution in [0, 0.1) is 23.2 Å². The number of carbonyl (C=O) groups is 2. The van der Waals surface area contributed by atoms with E-state index in [4.69, 9.17) is 4.74 Å². The molecule has 6 aliphatic rings. The van der Waals surface area contributed by atoms with Crippen LogP contribution < -0.4 is 15.4 Å². The van der Waals surface area contributed by atoms with E-state index in [0.29, 0.717) is 46.7 Å². The molecule has 8 rings (SSSR count). The van der Waals surface area contributed by atoms with Crippen LogP contribution >= 0.6 is 22.6 Å². The lowest BCUT2D eigenvalue weighted by Gasteiger charge is -2.45. The molecule has 186 valence electrons. The molecular weight excluding hydrogens is 569 g/mol. The van der Waals surface area contributed by atoms with Crippen molar-refractivity contribution in [2.75, 3.05) is 25.0 Å². The maximum atomic E-state index is 13.3. The Morgan fingerprint density at radius 2 is 2.11 bits per heavy atom. The van der Waals surface area contributed by atoms with Crippen molar-refractivity contribution < 1.29 is 19.4 Å². The molecule has 7 atom stereocenters. The molecule has 2 heterocycles. The van der Waals surface area contributed by atoms with Gasteiger partial charge in [-0.15, -0.1) is 0 Å². The van der Waals surface area contributed by atoms with E-state index in [1.807, 2.05) is 6.07 Å². The summed E-state index contributed by atoms with van der Waals surface area (Å²) in [5.74, 6) is 1.94. The maximum Gasteiger partial charge on any atom is 0.269 e. The smallest absolute Gasteiger partial charge is 0.269 e. The molecule has 4 aliphatic carbocycles. The molecule has 4 fully saturated rings. The first kappa shape index (κ1) is 21.9. The number of aliphatic hydroxyl groups excluding tert-OH is 1. The lowest BCUT2D eigenvalue weighted by molar-refractivity contribution is -0.142. The van der Waals surface area contributed by atoms with E-state index in [0.717, 1.165) is 25.9 Å². The van der Waals surface area contributed by atoms with Crippen LogP contribution in [0.4, 0.5) is 5.69 Å². The van der Waals surface area contributed by atoms with Crippen LogP contribution in [0.5, 0.6) is 5.75 Å². The summed E-state index contributed by atoms with van der Waals surface area (Å²) in [7, 11) is 0. The van der Waals surface area contributed by atoms with Crippen molar-refractivity contribution in [3.63, 3.8) is 0 Å². The monoisotopic (exact) mass is 597 g/mol. The van der Waals surface area contributed by atoms with Gasteiger partial charge in [0.15, 0.2) is 5.60 Å². The number of hydrogen-bond donors (Lipinski definition) is 3. The van der Waals surface area contributed by atoms with Crippen molar-refractivity contribution in [2.24, 2.45) is 23.2 Å². The Kier molecular flexibility index (Phi) is 4.27. The minimum absolute atomic E-state index is 0.0557. The number of ether oxygens (including phenoxy) is 1. The number of hydrogen-bond acceptors (Lipinski definition) is 5. The number of nitrogens with one attached hydrogen (secondary N) is 2. The third-order valence-corrected chi connectivity index (χ3v) is 12.0. The van der Waals surface area contributed by atoms with Crippen molar-refractivity contribution >= 4 is 40.1 Å². The van der Waals surface area contributed by atoms with E-state index in [-0.39, 0.29) is 21.8 Å². The molecule has 0 saturated heterocycles. The van der Waals surface area contributed by atoms with Crippen molar-refractivity contribution in [3.05, 3.63) is 59.2 Å². The fraction of sp³-hybridized carbons (Fsp3) is 0.500. The van der Waals surface area contributed by atoms with Gasteiger partial charge in [0.1, 0.15) is 5.75 Å². The Hall–Kier alpha value is -2.17. The molecule has 3 N–H and O–H groups in total. The first-order valence-corrected chi connectivity index (χ1v) is 14.0. The van der Waals surface area contributed by atoms with E-state index < -0.39 is 11.7 Å². The Morgan fingerprint density at radius 3 is 2.92 bits per heavy atom. The highest BCUT2D eigenvalue weighted by atomic mass is 127. The summed E-state index contributed by atoms with van der Waals surface area (Å²) in [6, 6.07) is 13.6. The van der Waals surface area contributed by atoms with Gasteiger partial charge in [-0.1, -0.05) is 46.9 Å². The summed E-state index contributed by atoms with van der Waals surface area (Å²) in [5.41, 5.74) is 3.46. The normalized spacial score (nSPS) is 38.9. The fourth-order valence-corrected chi connectivity index (χ4v) is 10.7. The van der Waals surface area contributed by atoms with Crippen LogP contribution in [0.15, 0.2) is 42.5 Å². The standard InChI is InChI=1S/C28H28IN3O4/c29-28-14-27(22-19-10-26(19,28)23(22)28)25(35)31-20-9-16(5-6-21(20)36-27)24(34)30-11-18(33)13-32-8-7-15-3-1-2-4-17(15)12-32/h1-6,9,18-19,22-23,33H,7-8,10-14H2,(H,30,34)(H,31,35)/t18-,19?,22?,23?,26?,27?,28?/m0/s1. The third kappa shape index (κ3) is 2.65. The molecule has 0 radical (unpaired) electrons. The molecule has 36 heavy (non-hydrogen) atoms. The number of amides is 2. The molecule has 2 aromatic carbocycles. The molecule has 7 nitrogen and oxygen atoms in total. The lowest BCUT2D eigenvalue weighted by Crippen LogP contribution is -2.59. The predicted octanol–water partition coefficient (Wildman–Crippen LogP) is 2.75. The number of aliphatic hydroxyl groups is 1. The minimum atomic E-state index is -0.745. The molecule has 2 amide bonds. The van der Waals surface area contributed by atoms with E-state index >= 15 is 0 Å². The quantitative estimate of drug-likeness (QED) is 0.365. The first-order valence-electron chi connectivity index (χ1n) is 12.9. The van der Waals surface area contributed by atoms with Gasteiger partial charge in [0.25, 0.3) is 11.8 Å². The number of nitrogens with zero attached hydrogens (tertiary/aromatic N) is 1. The molecule has 4 saturated carbocycles. The van der Waals surface area contributed by atoms with Gasteiger partial charge in [-0.25, -0.2) is 0 Å². The van der Waals surface area contributed by atoms with Gasteiger partial charge in [-0.3, -0.25) is 14.5 Å². The molecule has 2 spiro atoms. The van der Waals surface area contributed by atoms with Gasteiger partial charge in [0, 0.05) is 47.5 Å². The Morgan fingerprint density at radius 1 is 1.28 bits per heavy atom. The van der Waals surface area contributed by atoms with E-state index in [1.54, 1.807) is 18.2 Å². The van der Waals surface area contributed by atoms with Crippen LogP contribution in [0.3, 0.4) is 0 Å². The minimum Gasteiger partial charge on any atom is -0.475 e. The third-order valence-electron chi connectivity index (χ3n) is 9.99. The Balaban J connectivity index is 0.905. The zero-order valence-corrected chi connectivity index (χ0v) is 22.0. The SMILES string of the molecule is O=C(NC[C@H](O)CN1CCc2ccccc2C1)c1ccc2c(c1)NC(=O)C1(CC3(I)C4C1C1CC143)O2. The second kappa shape index (κ2) is 7.02. The van der Waals surface area contributed by atoms with Gasteiger partial charge in [0.2, 0.25) is 0 Å². The number of alkyl halides is 1. The summed E-state index contributed by atoms with van der Waals surface area (Å²) >= 11 is 2.60. The van der Waals surface area contributed by atoms with Gasteiger partial charge in [-0.05, 0) is 59.4 Å². The van der Waals surface area contributed by atoms with Crippen LogP contribution in [0.1, 0.15) is 34.3 Å². The number of carbonyl (C=O) groups excluding carboxylic acids is 2. The topological polar surface area (TPSA) is 90.9 Å². The van der Waals surface area contributed by atoms with Crippen molar-refractivity contribution in [1.29, 1.82) is 0 Å². The maximum absolute atomic E-state index is 13.3. The average molecular weight is 597 g/mol. The van der Waals surface area contributed by atoms with Crippen LogP contribution in [0.25, 0.3) is 0 Å². The lowest BCUT2D eigenvalue weighted by atomic mass is 9.70. The molecule has 0 bridgehead atoms. The van der Waals surface area contributed by atoms with Gasteiger partial charge in [0.05, 0.1) is 11.8 Å². The van der Waals surface area contributed by atoms with Gasteiger partial charge < -0.3 is 20.5 Å². The van der Waals surface area contributed by atoms with E-state index in [9.17, 15) is 14.7 Å². The van der Waals surface area contributed by atoms with Gasteiger partial charge in [-0.2, -0.15) is 0 Å². The molecular formula is C28H28IN3O4. The Labute approximate surface area is 223 Å². The second-order valence-electron chi connectivity index (χ2n) is 11.7. The van der Waals surface area contributed by atoms with Crippen LogP contribution in [-0.4, -0.2) is 56.6 Å². The number of halogens is 1. The number of rotatable bonds is 5. The molecule has 6 unspecified atom stereocenters. The molecule has 2 aliphatic heterocycles. The van der Waals surface area contributed by atoms with Crippen molar-refractivity contribution in [3.8, 4) is 5.75 Å². The zero-order chi connectivity index (χ0) is 24.4. The number of benzene rings is 2. The molecule has 0 aromatic heterocycles. The number of anilines is 1. The summed E-state index contributed by atoms with van der Waals surface area (Å²) < 4.78 is 6.69. The summed E-state index contributed by atoms with van der Waals surface area (Å²) in [6.07, 6.45) is 2.36. The molecule has 8 heteroatoms. The van der Waals surface area contributed by atoms with Crippen molar-refractivity contribution in [1.82, 2.24) is 10.2 Å². The van der Waals surface area contributed by atoms with Crippen molar-refractivity contribution in [2.45, 2.75) is 40.9 Å². The highest BCUT2D eigenvalue weighted by Gasteiger charge is 3.04. The fourth-order valence-electron chi connectivity index (χ4n) is 8.34. The molecule has 2 aromatic rings. The second-order valence-corrected chi connectivity index (χ2v) is 13.6. The van der Waals surface area contributed by atoms with Crippen LogP contribution in [0.2, 0.25) is 0 Å². The predicted molar refractivity (Wildman–Crippen MR) is 141 cm³/mol. The number of β-amino-alcohol motifs (C(OH)–C–C–N with tert-alkyl or cyclic N) is 1. The van der Waals surface area contributed by atoms with E-state index in [1.165, 1.54) is 17.5 Å². The highest BCUT2D eigenvalue weighted by Crippen LogP contribution is 3.02. The Bertz CT molecular complexity index is 1350. The highest BCUT2D eigenvalue weighted by molar-refractivity contribution is 14.1. The summed E-state index contributed by atoms with van der Waals surface area (Å²) in [6.45, 7) is 2.39. The zero-order valence-electron chi connectivity index (χ0n) is 19.8. The first-order chi connectivity index (χ1) is 17.4. The number of fused-ring (bicyclic) bond motifs is 4. The van der Waals surface area contributed by atoms with Crippen LogP contribution in [-0.2, 0) is 17.8 Å². The summed E-state index contributed by atoms with van der Waals surface area (Å²) in [4.78, 5) is 28.3.